The van der Waals surface area contributed by atoms with Crippen LogP contribution in [0.25, 0.3) is 0 Å². The summed E-state index contributed by atoms with van der Waals surface area (Å²) in [5.41, 5.74) is 1.54. The van der Waals surface area contributed by atoms with Crippen LogP contribution in [0.3, 0.4) is 0 Å². The van der Waals surface area contributed by atoms with Crippen molar-refractivity contribution < 1.29 is 14.3 Å². The van der Waals surface area contributed by atoms with Gasteiger partial charge in [-0.2, -0.15) is 5.21 Å². The van der Waals surface area contributed by atoms with Gasteiger partial charge in [-0.3, -0.25) is 4.79 Å². The van der Waals surface area contributed by atoms with Crippen LogP contribution in [0, 0.1) is 0 Å². The van der Waals surface area contributed by atoms with Gasteiger partial charge in [0, 0.05) is 5.69 Å². The normalized spacial score (nSPS) is 11.6. The molecule has 3 aromatic rings. The molecule has 0 unspecified atom stereocenters. The number of hydrogen-bond acceptors (Lipinski definition) is 6. The highest BCUT2D eigenvalue weighted by Gasteiger charge is 2.26. The Morgan fingerprint density at radius 3 is 2.54 bits per heavy atom. The molecule has 0 aliphatic rings. The lowest BCUT2D eigenvalue weighted by atomic mass is 9.97. The first kappa shape index (κ1) is 17.4. The van der Waals surface area contributed by atoms with Crippen LogP contribution in [0.4, 0.5) is 5.69 Å². The van der Waals surface area contributed by atoms with E-state index in [1.165, 1.54) is 0 Å². The van der Waals surface area contributed by atoms with Gasteiger partial charge in [-0.15, -0.1) is 10.2 Å². The summed E-state index contributed by atoms with van der Waals surface area (Å²) in [4.78, 5) is 12.9. The Morgan fingerprint density at radius 1 is 1.12 bits per heavy atom. The number of hydrogen-bond donors (Lipinski definition) is 2. The van der Waals surface area contributed by atoms with Crippen LogP contribution in [0.1, 0.15) is 17.3 Å². The fourth-order valence-electron chi connectivity index (χ4n) is 2.61. The number of ether oxygens (including phenoxy) is 2. The van der Waals surface area contributed by atoms with Crippen LogP contribution in [-0.2, 0) is 11.2 Å². The van der Waals surface area contributed by atoms with Crippen molar-refractivity contribution in [3.8, 4) is 11.5 Å². The van der Waals surface area contributed by atoms with Crippen molar-refractivity contribution in [2.24, 2.45) is 0 Å². The second kappa shape index (κ2) is 8.11. The summed E-state index contributed by atoms with van der Waals surface area (Å²) in [5, 5.41) is 16.8. The number of nitrogens with zero attached hydrogens (tertiary/aromatic N) is 3. The molecule has 0 spiro atoms. The van der Waals surface area contributed by atoms with E-state index in [1.54, 1.807) is 38.5 Å². The van der Waals surface area contributed by atoms with E-state index in [2.05, 4.69) is 25.9 Å². The minimum absolute atomic E-state index is 0.234. The summed E-state index contributed by atoms with van der Waals surface area (Å²) in [6.45, 7) is 0. The van der Waals surface area contributed by atoms with E-state index in [1.807, 2.05) is 24.3 Å². The average molecular weight is 353 g/mol. The molecule has 0 fully saturated rings. The third-order valence-electron chi connectivity index (χ3n) is 3.96. The van der Waals surface area contributed by atoms with E-state index >= 15 is 0 Å². The lowest BCUT2D eigenvalue weighted by molar-refractivity contribution is -0.117. The van der Waals surface area contributed by atoms with Crippen LogP contribution in [-0.4, -0.2) is 40.8 Å². The molecule has 0 aliphatic carbocycles. The first-order valence-corrected chi connectivity index (χ1v) is 8.01. The second-order valence-corrected chi connectivity index (χ2v) is 5.56. The molecule has 3 rings (SSSR count). The Morgan fingerprint density at radius 2 is 1.88 bits per heavy atom. The summed E-state index contributed by atoms with van der Waals surface area (Å²) in [6, 6.07) is 14.6. The molecule has 26 heavy (non-hydrogen) atoms. The number of carbonyl (C=O) groups is 1. The molecule has 1 aromatic heterocycles. The largest absolute Gasteiger partial charge is 0.497 e. The first-order chi connectivity index (χ1) is 12.7. The summed E-state index contributed by atoms with van der Waals surface area (Å²) >= 11 is 0. The molecular formula is C18H19N5O3. The SMILES string of the molecule is COc1ccc(NC(=O)[C@@H](Cc2ccccc2OC)c2nn[nH]n2)cc1. The number of rotatable bonds is 7. The zero-order valence-electron chi connectivity index (χ0n) is 14.5. The Kier molecular flexibility index (Phi) is 5.43. The van der Waals surface area contributed by atoms with Gasteiger partial charge in [0.05, 0.1) is 14.2 Å². The van der Waals surface area contributed by atoms with Crippen molar-refractivity contribution in [1.29, 1.82) is 0 Å². The second-order valence-electron chi connectivity index (χ2n) is 5.56. The number of anilines is 1. The van der Waals surface area contributed by atoms with E-state index in [-0.39, 0.29) is 5.91 Å². The Bertz CT molecular complexity index is 850. The molecule has 0 radical (unpaired) electrons. The van der Waals surface area contributed by atoms with E-state index in [0.717, 1.165) is 5.56 Å². The van der Waals surface area contributed by atoms with Gasteiger partial charge >= 0.3 is 0 Å². The highest BCUT2D eigenvalue weighted by molar-refractivity contribution is 5.95. The molecular weight excluding hydrogens is 334 g/mol. The summed E-state index contributed by atoms with van der Waals surface area (Å²) in [7, 11) is 3.19. The summed E-state index contributed by atoms with van der Waals surface area (Å²) in [6.07, 6.45) is 0.380. The number of methoxy groups -OCH3 is 2. The number of carbonyl (C=O) groups excluding carboxylic acids is 1. The van der Waals surface area contributed by atoms with E-state index in [4.69, 9.17) is 9.47 Å². The minimum atomic E-state index is -0.618. The number of amides is 1. The predicted molar refractivity (Wildman–Crippen MR) is 95.2 cm³/mol. The van der Waals surface area contributed by atoms with Gasteiger partial charge in [-0.05, 0) is 42.3 Å². The maximum atomic E-state index is 12.9. The number of para-hydroxylation sites is 1. The molecule has 134 valence electrons. The lowest BCUT2D eigenvalue weighted by Gasteiger charge is -2.15. The molecule has 1 amide bonds. The third-order valence-corrected chi connectivity index (χ3v) is 3.96. The molecule has 2 aromatic carbocycles. The quantitative estimate of drug-likeness (QED) is 0.675. The fraction of sp³-hybridized carbons (Fsp3) is 0.222. The van der Waals surface area contributed by atoms with Gasteiger partial charge in [-0.25, -0.2) is 0 Å². The number of nitrogens with one attached hydrogen (secondary N) is 2. The molecule has 0 saturated carbocycles. The standard InChI is InChI=1S/C18H19N5O3/c1-25-14-9-7-13(8-10-14)19-18(24)15(17-20-22-23-21-17)11-12-5-3-4-6-16(12)26-2/h3-10,15H,11H2,1-2H3,(H,19,24)(H,20,21,22,23)/t15-/m0/s1. The zero-order chi connectivity index (χ0) is 18.4. The third kappa shape index (κ3) is 3.97. The number of aromatic amines is 1. The minimum Gasteiger partial charge on any atom is -0.497 e. The molecule has 8 heteroatoms. The molecule has 0 bridgehead atoms. The predicted octanol–water partition coefficient (Wildman–Crippen LogP) is 2.18. The Hall–Kier alpha value is -3.42. The van der Waals surface area contributed by atoms with Crippen molar-refractivity contribution in [3.63, 3.8) is 0 Å². The van der Waals surface area contributed by atoms with E-state index < -0.39 is 5.92 Å². The lowest BCUT2D eigenvalue weighted by Crippen LogP contribution is -2.24. The van der Waals surface area contributed by atoms with Crippen molar-refractivity contribution in [3.05, 3.63) is 59.9 Å². The van der Waals surface area contributed by atoms with Crippen molar-refractivity contribution in [2.45, 2.75) is 12.3 Å². The average Bonchev–Trinajstić information content (AvgIpc) is 3.21. The monoisotopic (exact) mass is 353 g/mol. The van der Waals surface area contributed by atoms with Gasteiger partial charge in [0.15, 0.2) is 5.82 Å². The first-order valence-electron chi connectivity index (χ1n) is 8.01. The van der Waals surface area contributed by atoms with Gasteiger partial charge in [0.1, 0.15) is 17.4 Å². The van der Waals surface area contributed by atoms with Crippen molar-refractivity contribution in [1.82, 2.24) is 20.6 Å². The number of H-pyrrole nitrogens is 1. The number of aromatic nitrogens is 4. The zero-order valence-corrected chi connectivity index (χ0v) is 14.5. The van der Waals surface area contributed by atoms with Crippen molar-refractivity contribution in [2.75, 3.05) is 19.5 Å². The number of tetrazole rings is 1. The highest BCUT2D eigenvalue weighted by Crippen LogP contribution is 2.26. The summed E-state index contributed by atoms with van der Waals surface area (Å²) in [5.74, 6) is 0.890. The van der Waals surface area contributed by atoms with Gasteiger partial charge in [-0.1, -0.05) is 23.4 Å². The molecule has 1 heterocycles. The molecule has 1 atom stereocenters. The summed E-state index contributed by atoms with van der Waals surface area (Å²) < 4.78 is 10.5. The van der Waals surface area contributed by atoms with Gasteiger partial charge in [0.25, 0.3) is 0 Å². The van der Waals surface area contributed by atoms with E-state index in [0.29, 0.717) is 29.4 Å². The van der Waals surface area contributed by atoms with Crippen LogP contribution in [0.5, 0.6) is 11.5 Å². The Labute approximate surface area is 150 Å². The molecule has 8 nitrogen and oxygen atoms in total. The molecule has 0 aliphatic heterocycles. The molecule has 0 saturated heterocycles. The highest BCUT2D eigenvalue weighted by atomic mass is 16.5. The number of benzene rings is 2. The van der Waals surface area contributed by atoms with Crippen LogP contribution >= 0.6 is 0 Å². The smallest absolute Gasteiger partial charge is 0.235 e. The molecule has 2 N–H and O–H groups in total. The van der Waals surface area contributed by atoms with Crippen LogP contribution in [0.15, 0.2) is 48.5 Å². The fourth-order valence-corrected chi connectivity index (χ4v) is 2.61. The van der Waals surface area contributed by atoms with Gasteiger partial charge in [0.2, 0.25) is 5.91 Å². The van der Waals surface area contributed by atoms with E-state index in [9.17, 15) is 4.79 Å². The van der Waals surface area contributed by atoms with Crippen molar-refractivity contribution >= 4 is 11.6 Å². The van der Waals surface area contributed by atoms with Crippen LogP contribution < -0.4 is 14.8 Å². The topological polar surface area (TPSA) is 102 Å². The van der Waals surface area contributed by atoms with Crippen LogP contribution in [0.2, 0.25) is 0 Å². The Balaban J connectivity index is 1.82. The maximum Gasteiger partial charge on any atom is 0.235 e. The maximum absolute atomic E-state index is 12.9. The van der Waals surface area contributed by atoms with Gasteiger partial charge < -0.3 is 14.8 Å².